The molecular formula is C17H28N4O. The maximum absolute atomic E-state index is 12.2. The van der Waals surface area contributed by atoms with Crippen LogP contribution in [0.25, 0.3) is 0 Å². The third kappa shape index (κ3) is 2.91. The Bertz CT molecular complexity index is 513. The average molecular weight is 304 g/mol. The van der Waals surface area contributed by atoms with Crippen LogP contribution in [0, 0.1) is 0 Å². The molecule has 2 aliphatic rings. The number of hydrogen-bond acceptors (Lipinski definition) is 3. The molecule has 0 spiro atoms. The van der Waals surface area contributed by atoms with Gasteiger partial charge in [-0.3, -0.25) is 9.69 Å². The summed E-state index contributed by atoms with van der Waals surface area (Å²) in [5, 5.41) is 0. The van der Waals surface area contributed by atoms with Gasteiger partial charge in [-0.1, -0.05) is 6.92 Å². The second-order valence-corrected chi connectivity index (χ2v) is 6.46. The van der Waals surface area contributed by atoms with E-state index < -0.39 is 0 Å². The summed E-state index contributed by atoms with van der Waals surface area (Å²) in [7, 11) is 0. The van der Waals surface area contributed by atoms with Gasteiger partial charge in [0, 0.05) is 44.0 Å². The molecule has 0 aliphatic carbocycles. The molecular weight excluding hydrogens is 276 g/mol. The predicted octanol–water partition coefficient (Wildman–Crippen LogP) is 2.27. The monoisotopic (exact) mass is 304 g/mol. The van der Waals surface area contributed by atoms with E-state index in [1.165, 1.54) is 12.8 Å². The summed E-state index contributed by atoms with van der Waals surface area (Å²) in [6, 6.07) is 0.931. The Hall–Kier alpha value is -1.36. The van der Waals surface area contributed by atoms with Gasteiger partial charge in [-0.15, -0.1) is 0 Å². The molecule has 5 heteroatoms. The Morgan fingerprint density at radius 3 is 2.77 bits per heavy atom. The minimum atomic E-state index is 0.324. The Morgan fingerprint density at radius 2 is 2.00 bits per heavy atom. The smallest absolute Gasteiger partial charge is 0.222 e. The highest BCUT2D eigenvalue weighted by molar-refractivity contribution is 5.76. The van der Waals surface area contributed by atoms with Crippen molar-refractivity contribution in [1.29, 1.82) is 0 Å². The van der Waals surface area contributed by atoms with E-state index in [0.29, 0.717) is 24.4 Å². The largest absolute Gasteiger partial charge is 0.338 e. The summed E-state index contributed by atoms with van der Waals surface area (Å²) >= 11 is 0. The normalized spacial score (nSPS) is 26.0. The maximum atomic E-state index is 12.2. The third-order valence-corrected chi connectivity index (χ3v) is 5.27. The van der Waals surface area contributed by atoms with E-state index >= 15 is 0 Å². The molecule has 2 saturated heterocycles. The minimum Gasteiger partial charge on any atom is -0.338 e. The van der Waals surface area contributed by atoms with Crippen LogP contribution in [0.2, 0.25) is 0 Å². The molecule has 122 valence electrons. The van der Waals surface area contributed by atoms with Crippen LogP contribution < -0.4 is 0 Å². The van der Waals surface area contributed by atoms with Crippen molar-refractivity contribution in [3.05, 3.63) is 18.2 Å². The van der Waals surface area contributed by atoms with Gasteiger partial charge in [-0.2, -0.15) is 0 Å². The van der Waals surface area contributed by atoms with Crippen LogP contribution in [0.1, 0.15) is 51.8 Å². The first-order chi connectivity index (χ1) is 10.7. The molecule has 2 fully saturated rings. The van der Waals surface area contributed by atoms with Crippen LogP contribution in [-0.4, -0.2) is 50.4 Å². The first-order valence-corrected chi connectivity index (χ1v) is 8.78. The van der Waals surface area contributed by atoms with Gasteiger partial charge in [0.15, 0.2) is 0 Å². The minimum absolute atomic E-state index is 0.324. The van der Waals surface area contributed by atoms with Crippen molar-refractivity contribution < 1.29 is 4.79 Å². The molecule has 3 heterocycles. The summed E-state index contributed by atoms with van der Waals surface area (Å²) in [6.07, 6.45) is 9.35. The molecule has 0 radical (unpaired) electrons. The zero-order valence-electron chi connectivity index (χ0n) is 13.9. The fourth-order valence-corrected chi connectivity index (χ4v) is 4.15. The number of aromatic nitrogens is 2. The highest BCUT2D eigenvalue weighted by Crippen LogP contribution is 2.31. The van der Waals surface area contributed by atoms with Crippen molar-refractivity contribution in [3.63, 3.8) is 0 Å². The van der Waals surface area contributed by atoms with Gasteiger partial charge in [0.2, 0.25) is 5.91 Å². The number of likely N-dealkylation sites (tertiary alicyclic amines) is 2. The highest BCUT2D eigenvalue weighted by Gasteiger charge is 2.39. The van der Waals surface area contributed by atoms with Crippen LogP contribution in [0.4, 0.5) is 0 Å². The van der Waals surface area contributed by atoms with E-state index in [4.69, 9.17) is 0 Å². The second-order valence-electron chi connectivity index (χ2n) is 6.46. The standard InChI is InChI=1S/C17H28N4O/c1-3-17(22)21-11-6-8-15(21)14-7-5-10-20(14)13-16-18-9-12-19(16)4-2/h9,12,14-15H,3-8,10-11,13H2,1-2H3/t14-,15+/m0/s1. The van der Waals surface area contributed by atoms with Gasteiger partial charge in [-0.05, 0) is 39.2 Å². The molecule has 2 atom stereocenters. The Morgan fingerprint density at radius 1 is 1.23 bits per heavy atom. The lowest BCUT2D eigenvalue weighted by molar-refractivity contribution is -0.132. The van der Waals surface area contributed by atoms with Crippen molar-refractivity contribution in [1.82, 2.24) is 19.4 Å². The molecule has 3 rings (SSSR count). The number of amides is 1. The number of carbonyl (C=O) groups excluding carboxylic acids is 1. The number of aryl methyl sites for hydroxylation is 1. The van der Waals surface area contributed by atoms with Crippen LogP contribution in [-0.2, 0) is 17.9 Å². The van der Waals surface area contributed by atoms with Crippen molar-refractivity contribution in [2.75, 3.05) is 13.1 Å². The van der Waals surface area contributed by atoms with Crippen molar-refractivity contribution in [2.24, 2.45) is 0 Å². The van der Waals surface area contributed by atoms with Gasteiger partial charge >= 0.3 is 0 Å². The summed E-state index contributed by atoms with van der Waals surface area (Å²) in [5.74, 6) is 1.48. The van der Waals surface area contributed by atoms with E-state index in [2.05, 4.69) is 32.5 Å². The molecule has 0 bridgehead atoms. The summed E-state index contributed by atoms with van der Waals surface area (Å²) in [4.78, 5) is 21.4. The molecule has 0 saturated carbocycles. The number of imidazole rings is 1. The lowest BCUT2D eigenvalue weighted by atomic mass is 10.0. The van der Waals surface area contributed by atoms with Crippen molar-refractivity contribution in [3.8, 4) is 0 Å². The molecule has 0 aromatic carbocycles. The lowest BCUT2D eigenvalue weighted by Crippen LogP contribution is -2.48. The zero-order valence-corrected chi connectivity index (χ0v) is 13.9. The maximum Gasteiger partial charge on any atom is 0.222 e. The molecule has 0 unspecified atom stereocenters. The van der Waals surface area contributed by atoms with Crippen LogP contribution in [0.5, 0.6) is 0 Å². The van der Waals surface area contributed by atoms with Crippen LogP contribution in [0.3, 0.4) is 0 Å². The first kappa shape index (κ1) is 15.5. The topological polar surface area (TPSA) is 41.4 Å². The fraction of sp³-hybridized carbons (Fsp3) is 0.765. The molecule has 2 aliphatic heterocycles. The molecule has 1 aromatic heterocycles. The summed E-state index contributed by atoms with van der Waals surface area (Å²) in [5.41, 5.74) is 0. The number of hydrogen-bond donors (Lipinski definition) is 0. The number of nitrogens with zero attached hydrogens (tertiary/aromatic N) is 4. The zero-order chi connectivity index (χ0) is 15.5. The van der Waals surface area contributed by atoms with Crippen LogP contribution >= 0.6 is 0 Å². The summed E-state index contributed by atoms with van der Waals surface area (Å²) in [6.45, 7) is 8.10. The third-order valence-electron chi connectivity index (χ3n) is 5.27. The fourth-order valence-electron chi connectivity index (χ4n) is 4.15. The molecule has 1 aromatic rings. The van der Waals surface area contributed by atoms with Crippen LogP contribution in [0.15, 0.2) is 12.4 Å². The van der Waals surface area contributed by atoms with Crippen molar-refractivity contribution >= 4 is 5.91 Å². The highest BCUT2D eigenvalue weighted by atomic mass is 16.2. The second kappa shape index (κ2) is 6.82. The van der Waals surface area contributed by atoms with E-state index in [1.54, 1.807) is 0 Å². The van der Waals surface area contributed by atoms with Gasteiger partial charge < -0.3 is 9.47 Å². The number of rotatable bonds is 5. The van der Waals surface area contributed by atoms with Gasteiger partial charge in [0.1, 0.15) is 5.82 Å². The predicted molar refractivity (Wildman–Crippen MR) is 86.4 cm³/mol. The van der Waals surface area contributed by atoms with E-state index in [-0.39, 0.29) is 0 Å². The molecule has 0 N–H and O–H groups in total. The lowest BCUT2D eigenvalue weighted by Gasteiger charge is -2.35. The van der Waals surface area contributed by atoms with Crippen molar-refractivity contribution in [2.45, 2.75) is 71.1 Å². The quantitative estimate of drug-likeness (QED) is 0.838. The SMILES string of the molecule is CCC(=O)N1CCC[C@@H]1[C@@H]1CCCN1Cc1nccn1CC. The first-order valence-electron chi connectivity index (χ1n) is 8.78. The molecule has 22 heavy (non-hydrogen) atoms. The molecule has 5 nitrogen and oxygen atoms in total. The van der Waals surface area contributed by atoms with E-state index in [9.17, 15) is 4.79 Å². The Balaban J connectivity index is 1.71. The van der Waals surface area contributed by atoms with E-state index in [1.807, 2.05) is 13.1 Å². The van der Waals surface area contributed by atoms with Gasteiger partial charge in [-0.25, -0.2) is 4.98 Å². The number of carbonyl (C=O) groups is 1. The van der Waals surface area contributed by atoms with E-state index in [0.717, 1.165) is 44.8 Å². The molecule has 1 amide bonds. The van der Waals surface area contributed by atoms with Gasteiger partial charge in [0.25, 0.3) is 0 Å². The Labute approximate surface area is 133 Å². The summed E-state index contributed by atoms with van der Waals surface area (Å²) < 4.78 is 2.22. The Kier molecular flexibility index (Phi) is 4.81. The van der Waals surface area contributed by atoms with Gasteiger partial charge in [0.05, 0.1) is 6.54 Å². The average Bonchev–Trinajstić information content (AvgIpc) is 3.26.